The van der Waals surface area contributed by atoms with Crippen molar-refractivity contribution in [1.82, 2.24) is 14.7 Å². The van der Waals surface area contributed by atoms with E-state index in [2.05, 4.69) is 5.10 Å². The summed E-state index contributed by atoms with van der Waals surface area (Å²) in [6.45, 7) is 2.97. The molecule has 1 unspecified atom stereocenters. The van der Waals surface area contributed by atoms with E-state index in [1.807, 2.05) is 24.0 Å². The maximum absolute atomic E-state index is 12.8. The van der Waals surface area contributed by atoms with Gasteiger partial charge in [-0.05, 0) is 43.5 Å². The molecule has 0 saturated carbocycles. The first-order chi connectivity index (χ1) is 12.0. The number of nitrogens with zero attached hydrogens (tertiary/aromatic N) is 3. The summed E-state index contributed by atoms with van der Waals surface area (Å²) in [6.07, 6.45) is 3.39. The Morgan fingerprint density at radius 1 is 1.36 bits per heavy atom. The summed E-state index contributed by atoms with van der Waals surface area (Å²) in [5, 5.41) is 13.7. The zero-order chi connectivity index (χ0) is 18.0. The second-order valence-electron chi connectivity index (χ2n) is 6.36. The van der Waals surface area contributed by atoms with E-state index in [0.29, 0.717) is 23.7 Å². The Balaban J connectivity index is 1.77. The highest BCUT2D eigenvalue weighted by molar-refractivity contribution is 6.31. The third-order valence-corrected chi connectivity index (χ3v) is 4.99. The van der Waals surface area contributed by atoms with E-state index in [1.54, 1.807) is 18.3 Å². The molecule has 1 fully saturated rings. The van der Waals surface area contributed by atoms with Gasteiger partial charge in [-0.25, -0.2) is 0 Å². The number of carbonyl (C=O) groups excluding carboxylic acids is 1. The average molecular weight is 362 g/mol. The van der Waals surface area contributed by atoms with Crippen molar-refractivity contribution in [1.29, 1.82) is 0 Å². The van der Waals surface area contributed by atoms with Crippen molar-refractivity contribution >= 4 is 23.5 Å². The van der Waals surface area contributed by atoms with E-state index in [4.69, 9.17) is 16.7 Å². The first kappa shape index (κ1) is 17.5. The van der Waals surface area contributed by atoms with Crippen LogP contribution in [0, 0.1) is 6.92 Å². The Morgan fingerprint density at radius 3 is 2.88 bits per heavy atom. The molecule has 1 saturated heterocycles. The normalized spacial score (nSPS) is 17.5. The fourth-order valence-corrected chi connectivity index (χ4v) is 3.44. The average Bonchev–Trinajstić information content (AvgIpc) is 3.04. The summed E-state index contributed by atoms with van der Waals surface area (Å²) in [7, 11) is 0. The van der Waals surface area contributed by atoms with Crippen molar-refractivity contribution < 1.29 is 14.7 Å². The van der Waals surface area contributed by atoms with E-state index in [-0.39, 0.29) is 18.4 Å². The Hall–Kier alpha value is -2.34. The fraction of sp³-hybridized carbons (Fsp3) is 0.389. The topological polar surface area (TPSA) is 75.4 Å². The molecule has 0 radical (unpaired) electrons. The quantitative estimate of drug-likeness (QED) is 0.908. The molecule has 1 aromatic carbocycles. The van der Waals surface area contributed by atoms with Crippen LogP contribution in [0.15, 0.2) is 30.5 Å². The van der Waals surface area contributed by atoms with Crippen LogP contribution in [0.2, 0.25) is 5.02 Å². The number of carbonyl (C=O) groups is 2. The molecule has 0 bridgehead atoms. The van der Waals surface area contributed by atoms with Crippen LogP contribution in [0.25, 0.3) is 0 Å². The van der Waals surface area contributed by atoms with Gasteiger partial charge in [-0.15, -0.1) is 0 Å². The summed E-state index contributed by atoms with van der Waals surface area (Å²) in [4.78, 5) is 25.6. The van der Waals surface area contributed by atoms with Gasteiger partial charge >= 0.3 is 5.97 Å². The maximum Gasteiger partial charge on any atom is 0.325 e. The van der Waals surface area contributed by atoms with Gasteiger partial charge in [-0.3, -0.25) is 14.3 Å². The minimum absolute atomic E-state index is 0.0455. The van der Waals surface area contributed by atoms with Crippen LogP contribution in [-0.4, -0.2) is 44.8 Å². The molecule has 1 amide bonds. The van der Waals surface area contributed by atoms with Gasteiger partial charge < -0.3 is 10.0 Å². The lowest BCUT2D eigenvalue weighted by Gasteiger charge is -2.33. The number of aryl methyl sites for hydroxylation is 1. The van der Waals surface area contributed by atoms with Gasteiger partial charge in [-0.2, -0.15) is 5.10 Å². The van der Waals surface area contributed by atoms with Crippen molar-refractivity contribution in [3.63, 3.8) is 0 Å². The highest BCUT2D eigenvalue weighted by Crippen LogP contribution is 2.28. The molecular weight excluding hydrogens is 342 g/mol. The smallest absolute Gasteiger partial charge is 0.325 e. The Kier molecular flexibility index (Phi) is 5.08. The molecule has 6 nitrogen and oxygen atoms in total. The van der Waals surface area contributed by atoms with Gasteiger partial charge in [0.1, 0.15) is 6.54 Å². The zero-order valence-electron chi connectivity index (χ0n) is 14.0. The van der Waals surface area contributed by atoms with E-state index in [9.17, 15) is 9.59 Å². The molecule has 132 valence electrons. The molecule has 1 aliphatic heterocycles. The second kappa shape index (κ2) is 7.27. The summed E-state index contributed by atoms with van der Waals surface area (Å²) in [5.41, 5.74) is 2.38. The number of hydrogen-bond donors (Lipinski definition) is 1. The van der Waals surface area contributed by atoms with Gasteiger partial charge in [0, 0.05) is 41.5 Å². The molecule has 3 rings (SSSR count). The predicted molar refractivity (Wildman–Crippen MR) is 93.9 cm³/mol. The number of carboxylic acids is 1. The second-order valence-corrected chi connectivity index (χ2v) is 6.77. The van der Waals surface area contributed by atoms with Crippen LogP contribution in [0.3, 0.4) is 0 Å². The summed E-state index contributed by atoms with van der Waals surface area (Å²) >= 11 is 6.14. The number of halogens is 1. The van der Waals surface area contributed by atoms with Crippen molar-refractivity contribution in [2.45, 2.75) is 32.2 Å². The van der Waals surface area contributed by atoms with Gasteiger partial charge in [0.05, 0.1) is 0 Å². The SMILES string of the molecule is Cc1ccc(C(=O)N2CCCC(c3ccnn3CC(=O)O)C2)cc1Cl. The number of aromatic nitrogens is 2. The number of amides is 1. The van der Waals surface area contributed by atoms with Crippen LogP contribution in [0.5, 0.6) is 0 Å². The standard InChI is InChI=1S/C18H20ClN3O3/c1-12-4-5-13(9-15(12)19)18(25)21-8-2-3-14(10-21)16-6-7-20-22(16)11-17(23)24/h4-7,9,14H,2-3,8,10-11H2,1H3,(H,23,24). The summed E-state index contributed by atoms with van der Waals surface area (Å²) in [5.74, 6) is -0.889. The first-order valence-corrected chi connectivity index (χ1v) is 8.62. The lowest BCUT2D eigenvalue weighted by molar-refractivity contribution is -0.137. The number of rotatable bonds is 4. The summed E-state index contributed by atoms with van der Waals surface area (Å²) in [6, 6.07) is 7.18. The maximum atomic E-state index is 12.8. The van der Waals surface area contributed by atoms with Crippen molar-refractivity contribution in [3.8, 4) is 0 Å². The molecule has 2 heterocycles. The minimum atomic E-state index is -0.928. The predicted octanol–water partition coefficient (Wildman–Crippen LogP) is 2.95. The molecule has 1 N–H and O–H groups in total. The van der Waals surface area contributed by atoms with Gasteiger partial charge in [-0.1, -0.05) is 17.7 Å². The highest BCUT2D eigenvalue weighted by atomic mass is 35.5. The van der Waals surface area contributed by atoms with Crippen molar-refractivity contribution in [2.24, 2.45) is 0 Å². The van der Waals surface area contributed by atoms with Crippen LogP contribution >= 0.6 is 11.6 Å². The first-order valence-electron chi connectivity index (χ1n) is 8.24. The molecule has 0 spiro atoms. The number of hydrogen-bond acceptors (Lipinski definition) is 3. The van der Waals surface area contributed by atoms with Gasteiger partial charge in [0.15, 0.2) is 0 Å². The van der Waals surface area contributed by atoms with Gasteiger partial charge in [0.25, 0.3) is 5.91 Å². The Morgan fingerprint density at radius 2 is 2.16 bits per heavy atom. The summed E-state index contributed by atoms with van der Waals surface area (Å²) < 4.78 is 1.50. The van der Waals surface area contributed by atoms with Crippen molar-refractivity contribution in [3.05, 3.63) is 52.3 Å². The lowest BCUT2D eigenvalue weighted by atomic mass is 9.94. The third-order valence-electron chi connectivity index (χ3n) is 4.58. The monoisotopic (exact) mass is 361 g/mol. The number of likely N-dealkylation sites (tertiary alicyclic amines) is 1. The van der Waals surface area contributed by atoms with Crippen molar-refractivity contribution in [2.75, 3.05) is 13.1 Å². The minimum Gasteiger partial charge on any atom is -0.480 e. The zero-order valence-corrected chi connectivity index (χ0v) is 14.7. The largest absolute Gasteiger partial charge is 0.480 e. The van der Waals surface area contributed by atoms with E-state index in [0.717, 1.165) is 24.1 Å². The lowest BCUT2D eigenvalue weighted by Crippen LogP contribution is -2.39. The molecule has 1 aliphatic rings. The van der Waals surface area contributed by atoms with Crippen LogP contribution in [-0.2, 0) is 11.3 Å². The van der Waals surface area contributed by atoms with Crippen LogP contribution in [0.4, 0.5) is 0 Å². The van der Waals surface area contributed by atoms with E-state index in [1.165, 1.54) is 4.68 Å². The van der Waals surface area contributed by atoms with Gasteiger partial charge in [0.2, 0.25) is 0 Å². The van der Waals surface area contributed by atoms with Crippen LogP contribution < -0.4 is 0 Å². The Bertz CT molecular complexity index is 803. The van der Waals surface area contributed by atoms with Crippen LogP contribution in [0.1, 0.15) is 40.4 Å². The third kappa shape index (κ3) is 3.85. The number of piperidine rings is 1. The fourth-order valence-electron chi connectivity index (χ4n) is 3.26. The molecule has 0 aliphatic carbocycles. The van der Waals surface area contributed by atoms with E-state index >= 15 is 0 Å². The highest BCUT2D eigenvalue weighted by Gasteiger charge is 2.28. The molecule has 7 heteroatoms. The number of benzene rings is 1. The number of carboxylic acid groups (broad SMARTS) is 1. The molecule has 25 heavy (non-hydrogen) atoms. The molecule has 1 aromatic heterocycles. The molecule has 2 aromatic rings. The molecule has 1 atom stereocenters. The molecular formula is C18H20ClN3O3. The number of aliphatic carboxylic acids is 1. The van der Waals surface area contributed by atoms with E-state index < -0.39 is 5.97 Å². The Labute approximate surface area is 151 Å².